The van der Waals surface area contributed by atoms with E-state index in [0.29, 0.717) is 40.8 Å². The van der Waals surface area contributed by atoms with Gasteiger partial charge in [0.2, 0.25) is 0 Å². The van der Waals surface area contributed by atoms with Crippen molar-refractivity contribution in [1.82, 2.24) is 0 Å². The van der Waals surface area contributed by atoms with E-state index < -0.39 is 17.8 Å². The van der Waals surface area contributed by atoms with Crippen LogP contribution in [0.25, 0.3) is 0 Å². The summed E-state index contributed by atoms with van der Waals surface area (Å²) in [5.74, 6) is -1.45. The molecule has 0 amide bonds. The van der Waals surface area contributed by atoms with E-state index in [0.717, 1.165) is 11.3 Å². The molecular formula is C28H30BrNO6. The van der Waals surface area contributed by atoms with Crippen molar-refractivity contribution in [2.24, 2.45) is 10.9 Å². The number of hydrogen-bond donors (Lipinski definition) is 1. The number of carbonyl (C=O) groups is 2. The monoisotopic (exact) mass is 555 g/mol. The number of nitrogens with zero attached hydrogens (tertiary/aromatic N) is 1. The fraction of sp³-hybridized carbons (Fsp3) is 0.393. The molecule has 36 heavy (non-hydrogen) atoms. The minimum absolute atomic E-state index is 0.0238. The van der Waals surface area contributed by atoms with E-state index in [4.69, 9.17) is 19.2 Å². The van der Waals surface area contributed by atoms with Crippen molar-refractivity contribution in [3.63, 3.8) is 0 Å². The van der Waals surface area contributed by atoms with Gasteiger partial charge in [-0.3, -0.25) is 9.79 Å². The number of hydrogen-bond acceptors (Lipinski definition) is 7. The van der Waals surface area contributed by atoms with Gasteiger partial charge in [0.05, 0.1) is 29.2 Å². The maximum atomic E-state index is 13.7. The highest BCUT2D eigenvalue weighted by Gasteiger charge is 2.46. The summed E-state index contributed by atoms with van der Waals surface area (Å²) in [6.45, 7) is 4.30. The average Bonchev–Trinajstić information content (AvgIpc) is 2.86. The van der Waals surface area contributed by atoms with E-state index in [9.17, 15) is 14.7 Å². The second-order valence-electron chi connectivity index (χ2n) is 8.95. The number of ether oxygens (including phenoxy) is 3. The maximum absolute atomic E-state index is 13.7. The quantitative estimate of drug-likeness (QED) is 0.350. The molecule has 0 bridgehead atoms. The third-order valence-corrected chi connectivity index (χ3v) is 7.28. The summed E-state index contributed by atoms with van der Waals surface area (Å²) in [5, 5.41) is 10.5. The van der Waals surface area contributed by atoms with E-state index >= 15 is 0 Å². The van der Waals surface area contributed by atoms with Crippen LogP contribution in [0.15, 0.2) is 63.2 Å². The van der Waals surface area contributed by atoms with Crippen LogP contribution in [-0.4, -0.2) is 49.5 Å². The summed E-state index contributed by atoms with van der Waals surface area (Å²) in [6, 6.07) is 13.4. The van der Waals surface area contributed by atoms with Crippen LogP contribution in [-0.2, 0) is 19.1 Å². The number of halogens is 1. The summed E-state index contributed by atoms with van der Waals surface area (Å²) in [6.07, 6.45) is 0.977. The molecule has 2 aliphatic rings. The zero-order valence-corrected chi connectivity index (χ0v) is 22.2. The predicted octanol–water partition coefficient (Wildman–Crippen LogP) is 5.32. The topological polar surface area (TPSA) is 94.4 Å². The number of aliphatic imine (C=N–C) groups is 1. The molecule has 4 rings (SSSR count). The Bertz CT molecular complexity index is 1210. The number of Topliss-reactive ketones (excluding diaryl/α,β-unsaturated/α-hetero) is 1. The Labute approximate surface area is 219 Å². The lowest BCUT2D eigenvalue weighted by Gasteiger charge is -2.38. The average molecular weight is 556 g/mol. The summed E-state index contributed by atoms with van der Waals surface area (Å²) >= 11 is 3.41. The number of aromatic hydroxyl groups is 1. The van der Waals surface area contributed by atoms with Gasteiger partial charge in [-0.25, -0.2) is 4.79 Å². The Morgan fingerprint density at radius 3 is 2.56 bits per heavy atom. The summed E-state index contributed by atoms with van der Waals surface area (Å²) in [4.78, 5) is 31.8. The van der Waals surface area contributed by atoms with Crippen LogP contribution in [0, 0.1) is 5.92 Å². The van der Waals surface area contributed by atoms with Crippen molar-refractivity contribution in [2.45, 2.75) is 38.5 Å². The first-order chi connectivity index (χ1) is 17.3. The van der Waals surface area contributed by atoms with E-state index in [2.05, 4.69) is 15.9 Å². The first-order valence-electron chi connectivity index (χ1n) is 12.0. The van der Waals surface area contributed by atoms with Crippen LogP contribution in [0.5, 0.6) is 11.5 Å². The highest BCUT2D eigenvalue weighted by Crippen LogP contribution is 2.48. The molecule has 0 spiro atoms. The highest BCUT2D eigenvalue weighted by atomic mass is 79.9. The lowest BCUT2D eigenvalue weighted by molar-refractivity contribution is -0.140. The van der Waals surface area contributed by atoms with Gasteiger partial charge < -0.3 is 19.3 Å². The molecule has 0 radical (unpaired) electrons. The summed E-state index contributed by atoms with van der Waals surface area (Å²) in [7, 11) is 1.53. The van der Waals surface area contributed by atoms with Gasteiger partial charge in [-0.1, -0.05) is 30.3 Å². The Balaban J connectivity index is 1.81. The van der Waals surface area contributed by atoms with Crippen LogP contribution in [0.1, 0.15) is 49.7 Å². The molecule has 1 fully saturated rings. The second kappa shape index (κ2) is 11.4. The van der Waals surface area contributed by atoms with Crippen molar-refractivity contribution in [2.75, 3.05) is 26.9 Å². The highest BCUT2D eigenvalue weighted by molar-refractivity contribution is 9.10. The molecule has 0 saturated heterocycles. The van der Waals surface area contributed by atoms with Gasteiger partial charge in [0.1, 0.15) is 12.4 Å². The Morgan fingerprint density at radius 1 is 1.11 bits per heavy atom. The van der Waals surface area contributed by atoms with Crippen molar-refractivity contribution >= 4 is 33.4 Å². The number of methoxy groups -OCH3 is 1. The number of carbonyl (C=O) groups excluding carboxylic acids is 2. The van der Waals surface area contributed by atoms with Crippen molar-refractivity contribution in [3.8, 4) is 11.5 Å². The Morgan fingerprint density at radius 2 is 1.86 bits per heavy atom. The molecule has 1 saturated carbocycles. The van der Waals surface area contributed by atoms with E-state index in [1.165, 1.54) is 7.11 Å². The molecule has 1 aliphatic heterocycles. The molecule has 0 aromatic heterocycles. The molecule has 190 valence electrons. The number of fused-ring (bicyclic) bond motifs is 1. The molecule has 1 N–H and O–H groups in total. The fourth-order valence-corrected chi connectivity index (χ4v) is 5.56. The van der Waals surface area contributed by atoms with Crippen molar-refractivity contribution in [1.29, 1.82) is 0 Å². The number of rotatable bonds is 8. The van der Waals surface area contributed by atoms with Crippen LogP contribution < -0.4 is 4.74 Å². The predicted molar refractivity (Wildman–Crippen MR) is 140 cm³/mol. The largest absolute Gasteiger partial charge is 0.503 e. The summed E-state index contributed by atoms with van der Waals surface area (Å²) in [5.41, 5.74) is 3.40. The molecule has 1 aliphatic carbocycles. The van der Waals surface area contributed by atoms with E-state index in [1.807, 2.05) is 37.3 Å². The van der Waals surface area contributed by atoms with Crippen LogP contribution in [0.3, 0.4) is 0 Å². The lowest BCUT2D eigenvalue weighted by Crippen LogP contribution is -2.41. The van der Waals surface area contributed by atoms with Crippen LogP contribution >= 0.6 is 15.9 Å². The van der Waals surface area contributed by atoms with Crippen LogP contribution in [0.4, 0.5) is 0 Å². The number of phenolic OH excluding ortho intramolecular Hbond substituents is 1. The first kappa shape index (κ1) is 26.1. The molecule has 8 heteroatoms. The summed E-state index contributed by atoms with van der Waals surface area (Å²) < 4.78 is 16.6. The minimum Gasteiger partial charge on any atom is -0.503 e. The lowest BCUT2D eigenvalue weighted by atomic mass is 9.66. The van der Waals surface area contributed by atoms with Gasteiger partial charge in [-0.2, -0.15) is 0 Å². The maximum Gasteiger partial charge on any atom is 0.336 e. The number of phenols is 1. The van der Waals surface area contributed by atoms with E-state index in [1.54, 1.807) is 19.1 Å². The van der Waals surface area contributed by atoms with Gasteiger partial charge >= 0.3 is 5.97 Å². The SMILES string of the molecule is CCOc1cc(C2C(C(=O)OCCOC)=C(C)N=C3CC(c4ccccc4)CC(=O)C32)cc(Br)c1O. The number of benzene rings is 2. The third-order valence-electron chi connectivity index (χ3n) is 6.68. The van der Waals surface area contributed by atoms with Crippen molar-refractivity contribution < 1.29 is 28.9 Å². The molecule has 2 aromatic carbocycles. The van der Waals surface area contributed by atoms with Gasteiger partial charge in [0, 0.05) is 30.9 Å². The van der Waals surface area contributed by atoms with E-state index in [-0.39, 0.29) is 36.4 Å². The zero-order chi connectivity index (χ0) is 25.8. The smallest absolute Gasteiger partial charge is 0.336 e. The second-order valence-corrected chi connectivity index (χ2v) is 9.81. The van der Waals surface area contributed by atoms with Gasteiger partial charge in [-0.15, -0.1) is 0 Å². The fourth-order valence-electron chi connectivity index (χ4n) is 5.10. The van der Waals surface area contributed by atoms with Gasteiger partial charge in [0.15, 0.2) is 11.5 Å². The zero-order valence-electron chi connectivity index (χ0n) is 20.6. The molecule has 3 unspecified atom stereocenters. The molecule has 2 aromatic rings. The first-order valence-corrected chi connectivity index (χ1v) is 12.8. The Hall–Kier alpha value is -2.97. The molecular weight excluding hydrogens is 526 g/mol. The number of ketones is 1. The van der Waals surface area contributed by atoms with Crippen molar-refractivity contribution in [3.05, 3.63) is 69.3 Å². The minimum atomic E-state index is -0.618. The normalized spacial score (nSPS) is 21.6. The number of allylic oxidation sites excluding steroid dienone is 1. The number of esters is 1. The standard InChI is InChI=1S/C28H30BrNO6/c1-4-35-23-15-19(12-20(29)27(23)32)25-24(28(33)36-11-10-34-3)16(2)30-21-13-18(14-22(31)26(21)25)17-8-6-5-7-9-17/h5-9,12,15,18,25-26,32H,4,10-11,13-14H2,1-3H3. The molecule has 1 heterocycles. The van der Waals surface area contributed by atoms with Crippen LogP contribution in [0.2, 0.25) is 0 Å². The third kappa shape index (κ3) is 5.25. The van der Waals surface area contributed by atoms with Gasteiger partial charge in [0.25, 0.3) is 0 Å². The molecule has 3 atom stereocenters. The van der Waals surface area contributed by atoms with Gasteiger partial charge in [-0.05, 0) is 65.4 Å². The molecule has 7 nitrogen and oxygen atoms in total. The Kier molecular flexibility index (Phi) is 8.26.